The summed E-state index contributed by atoms with van der Waals surface area (Å²) < 4.78 is 13.4. The van der Waals surface area contributed by atoms with Gasteiger partial charge in [0, 0.05) is 24.7 Å². The topological polar surface area (TPSA) is 34.4 Å². The fraction of sp³-hybridized carbons (Fsp3) is 0.333. The molecule has 4 aliphatic rings. The summed E-state index contributed by atoms with van der Waals surface area (Å²) in [5.74, 6) is -0.277. The molecule has 0 saturated carbocycles. The van der Waals surface area contributed by atoms with Gasteiger partial charge in [-0.3, -0.25) is 14.7 Å². The van der Waals surface area contributed by atoms with Crippen molar-refractivity contribution >= 4 is 23.5 Å². The Hall–Kier alpha value is -2.12. The predicted octanol–water partition coefficient (Wildman–Crippen LogP) is 3.11. The molecule has 0 aliphatic carbocycles. The Morgan fingerprint density at radius 1 is 0.964 bits per heavy atom. The van der Waals surface area contributed by atoms with Crippen LogP contribution in [0.5, 0.6) is 0 Å². The molecule has 7 heteroatoms. The van der Waals surface area contributed by atoms with E-state index < -0.39 is 0 Å². The Morgan fingerprint density at radius 3 is 2.21 bits per heavy atom. The minimum atomic E-state index is -0.277. The van der Waals surface area contributed by atoms with Crippen molar-refractivity contribution in [3.05, 3.63) is 70.5 Å². The van der Waals surface area contributed by atoms with Gasteiger partial charge in [-0.1, -0.05) is 35.9 Å². The number of nitrogens with zero attached hydrogens (tertiary/aromatic N) is 5. The Morgan fingerprint density at radius 2 is 1.61 bits per heavy atom. The van der Waals surface area contributed by atoms with Crippen molar-refractivity contribution in [3.63, 3.8) is 0 Å². The summed E-state index contributed by atoms with van der Waals surface area (Å²) in [4.78, 5) is 7.37. The van der Waals surface area contributed by atoms with Gasteiger partial charge in [-0.05, 0) is 35.4 Å². The normalized spacial score (nSPS) is 31.6. The first-order valence-corrected chi connectivity index (χ1v) is 9.78. The summed E-state index contributed by atoms with van der Waals surface area (Å²) >= 11 is 6.10. The van der Waals surface area contributed by atoms with Crippen LogP contribution in [0.4, 0.5) is 4.39 Å². The largest absolute Gasteiger partial charge is 0.276 e. The fourth-order valence-corrected chi connectivity index (χ4v) is 4.89. The van der Waals surface area contributed by atoms with Crippen LogP contribution in [0.25, 0.3) is 0 Å². The molecule has 0 aromatic heterocycles. The molecule has 6 rings (SSSR count). The molecule has 4 heterocycles. The summed E-state index contributed by atoms with van der Waals surface area (Å²) in [5, 5.41) is 9.73. The minimum absolute atomic E-state index is 0.0954. The van der Waals surface area contributed by atoms with Crippen molar-refractivity contribution in [2.45, 2.75) is 0 Å². The number of benzene rings is 2. The van der Waals surface area contributed by atoms with E-state index >= 15 is 0 Å². The molecule has 144 valence electrons. The molecule has 0 amide bonds. The second-order valence-corrected chi connectivity index (χ2v) is 8.38. The summed E-state index contributed by atoms with van der Waals surface area (Å²) in [7, 11) is 0. The van der Waals surface area contributed by atoms with Gasteiger partial charge < -0.3 is 0 Å². The molecule has 4 saturated heterocycles. The van der Waals surface area contributed by atoms with Crippen LogP contribution >= 0.6 is 11.6 Å². The van der Waals surface area contributed by atoms with Crippen molar-refractivity contribution in [1.82, 2.24) is 14.7 Å². The fourth-order valence-electron chi connectivity index (χ4n) is 4.76. The number of halogens is 2. The summed E-state index contributed by atoms with van der Waals surface area (Å²) in [6.45, 7) is 5.95. The standard InChI is InChI=1S/C21H21ClFN5/c22-18-6-4-17(5-7-18)20(25-24-9-16-2-1-3-19(23)8-16)21-10-26-13-27(11-21)15-28(12-21)14-26/h1-9H,10-15H2/b24-9+,25-20-. The van der Waals surface area contributed by atoms with Crippen molar-refractivity contribution in [1.29, 1.82) is 0 Å². The van der Waals surface area contributed by atoms with E-state index in [0.717, 1.165) is 50.9 Å². The SMILES string of the molecule is Fc1cccc(/C=N/N=C(/c2ccc(Cl)cc2)C23CN4CN(CN(C4)C2)C3)c1. The minimum Gasteiger partial charge on any atom is -0.276 e. The molecule has 4 bridgehead atoms. The molecule has 0 atom stereocenters. The van der Waals surface area contributed by atoms with Crippen LogP contribution in [0.2, 0.25) is 5.02 Å². The van der Waals surface area contributed by atoms with E-state index in [-0.39, 0.29) is 11.2 Å². The highest BCUT2D eigenvalue weighted by molar-refractivity contribution is 6.30. The third-order valence-electron chi connectivity index (χ3n) is 5.61. The van der Waals surface area contributed by atoms with Gasteiger partial charge in [0.25, 0.3) is 0 Å². The lowest BCUT2D eigenvalue weighted by Gasteiger charge is -2.60. The lowest BCUT2D eigenvalue weighted by molar-refractivity contribution is -0.149. The van der Waals surface area contributed by atoms with Gasteiger partial charge in [-0.2, -0.15) is 10.2 Å². The maximum Gasteiger partial charge on any atom is 0.123 e. The van der Waals surface area contributed by atoms with Gasteiger partial charge >= 0.3 is 0 Å². The number of hydrogen-bond acceptors (Lipinski definition) is 5. The third kappa shape index (κ3) is 3.37. The summed E-state index contributed by atoms with van der Waals surface area (Å²) in [5.41, 5.74) is 2.60. The lowest BCUT2D eigenvalue weighted by Crippen LogP contribution is -2.74. The van der Waals surface area contributed by atoms with Gasteiger partial charge in [-0.15, -0.1) is 0 Å². The molecular formula is C21H21ClFN5. The Balaban J connectivity index is 1.53. The summed E-state index contributed by atoms with van der Waals surface area (Å²) in [6, 6.07) is 14.2. The van der Waals surface area contributed by atoms with Gasteiger partial charge in [0.1, 0.15) is 5.82 Å². The highest BCUT2D eigenvalue weighted by Gasteiger charge is 2.51. The zero-order chi connectivity index (χ0) is 19.1. The van der Waals surface area contributed by atoms with Crippen molar-refractivity contribution < 1.29 is 4.39 Å². The molecule has 0 spiro atoms. The van der Waals surface area contributed by atoms with Crippen LogP contribution in [0.1, 0.15) is 11.1 Å². The first kappa shape index (κ1) is 17.9. The third-order valence-corrected chi connectivity index (χ3v) is 5.86. The van der Waals surface area contributed by atoms with Crippen molar-refractivity contribution in [2.75, 3.05) is 39.6 Å². The lowest BCUT2D eigenvalue weighted by atomic mass is 9.74. The van der Waals surface area contributed by atoms with Gasteiger partial charge in [0.2, 0.25) is 0 Å². The maximum atomic E-state index is 13.4. The molecule has 28 heavy (non-hydrogen) atoms. The quantitative estimate of drug-likeness (QED) is 0.587. The molecule has 4 aliphatic heterocycles. The van der Waals surface area contributed by atoms with E-state index in [1.165, 1.54) is 12.1 Å². The van der Waals surface area contributed by atoms with Gasteiger partial charge in [0.05, 0.1) is 37.3 Å². The van der Waals surface area contributed by atoms with E-state index in [2.05, 4.69) is 24.9 Å². The van der Waals surface area contributed by atoms with E-state index in [1.54, 1.807) is 12.3 Å². The van der Waals surface area contributed by atoms with E-state index in [1.807, 2.05) is 30.3 Å². The Kier molecular flexibility index (Phi) is 4.51. The predicted molar refractivity (Wildman–Crippen MR) is 109 cm³/mol. The molecule has 2 aromatic rings. The molecule has 2 aromatic carbocycles. The van der Waals surface area contributed by atoms with E-state index in [0.29, 0.717) is 10.6 Å². The first-order valence-electron chi connectivity index (χ1n) is 9.40. The van der Waals surface area contributed by atoms with Gasteiger partial charge in [-0.25, -0.2) is 4.39 Å². The maximum absolute atomic E-state index is 13.4. The van der Waals surface area contributed by atoms with Crippen LogP contribution in [0.15, 0.2) is 58.7 Å². The highest BCUT2D eigenvalue weighted by Crippen LogP contribution is 2.38. The van der Waals surface area contributed by atoms with Crippen LogP contribution in [-0.2, 0) is 0 Å². The molecule has 4 fully saturated rings. The number of hydrogen-bond donors (Lipinski definition) is 0. The highest BCUT2D eigenvalue weighted by atomic mass is 35.5. The van der Waals surface area contributed by atoms with Crippen LogP contribution in [0.3, 0.4) is 0 Å². The Bertz CT molecular complexity index is 905. The average molecular weight is 398 g/mol. The molecule has 5 nitrogen and oxygen atoms in total. The monoisotopic (exact) mass is 397 g/mol. The molecular weight excluding hydrogens is 377 g/mol. The van der Waals surface area contributed by atoms with E-state index in [4.69, 9.17) is 11.6 Å². The second-order valence-electron chi connectivity index (χ2n) is 7.95. The second kappa shape index (κ2) is 7.04. The van der Waals surface area contributed by atoms with Crippen LogP contribution < -0.4 is 0 Å². The summed E-state index contributed by atoms with van der Waals surface area (Å²) in [6.07, 6.45) is 1.61. The average Bonchev–Trinajstić information content (AvgIpc) is 2.65. The zero-order valence-corrected chi connectivity index (χ0v) is 16.2. The smallest absolute Gasteiger partial charge is 0.123 e. The van der Waals surface area contributed by atoms with Crippen LogP contribution in [0, 0.1) is 11.2 Å². The molecule has 0 N–H and O–H groups in total. The van der Waals surface area contributed by atoms with Crippen LogP contribution in [-0.4, -0.2) is 66.3 Å². The Labute approximate surface area is 168 Å². The van der Waals surface area contributed by atoms with Crippen molar-refractivity contribution in [3.8, 4) is 0 Å². The van der Waals surface area contributed by atoms with Gasteiger partial charge in [0.15, 0.2) is 0 Å². The van der Waals surface area contributed by atoms with Crippen molar-refractivity contribution in [2.24, 2.45) is 15.6 Å². The zero-order valence-electron chi connectivity index (χ0n) is 15.4. The van der Waals surface area contributed by atoms with E-state index in [9.17, 15) is 4.39 Å². The first-order chi connectivity index (χ1) is 13.6. The molecule has 0 radical (unpaired) electrons. The molecule has 0 unspecified atom stereocenters. The number of rotatable bonds is 4.